The zero-order valence-electron chi connectivity index (χ0n) is 13.1. The number of benzene rings is 2. The van der Waals surface area contributed by atoms with Gasteiger partial charge < -0.3 is 15.5 Å². The summed E-state index contributed by atoms with van der Waals surface area (Å²) in [6, 6.07) is 10.6. The van der Waals surface area contributed by atoms with Crippen LogP contribution in [0.5, 0.6) is 0 Å². The predicted molar refractivity (Wildman–Crippen MR) is 87.3 cm³/mol. The zero-order chi connectivity index (χ0) is 16.8. The molecule has 0 saturated carbocycles. The number of hydrogen-bond acceptors (Lipinski definition) is 3. The van der Waals surface area contributed by atoms with E-state index in [1.165, 1.54) is 12.1 Å². The number of nitrogens with zero attached hydrogens (tertiary/aromatic N) is 1. The topological polar surface area (TPSA) is 44.4 Å². The van der Waals surface area contributed by atoms with E-state index in [2.05, 4.69) is 10.6 Å². The lowest BCUT2D eigenvalue weighted by atomic mass is 10.2. The van der Waals surface area contributed by atoms with Crippen molar-refractivity contribution in [1.29, 1.82) is 0 Å². The summed E-state index contributed by atoms with van der Waals surface area (Å²) in [6.07, 6.45) is 0. The van der Waals surface area contributed by atoms with Gasteiger partial charge in [-0.1, -0.05) is 6.07 Å². The molecule has 0 saturated heterocycles. The molecule has 4 nitrogen and oxygen atoms in total. The monoisotopic (exact) mass is 319 g/mol. The predicted octanol–water partition coefficient (Wildman–Crippen LogP) is 3.08. The second kappa shape index (κ2) is 7.69. The molecule has 23 heavy (non-hydrogen) atoms. The van der Waals surface area contributed by atoms with Crippen LogP contribution in [-0.4, -0.2) is 31.4 Å². The molecular weight excluding hydrogens is 300 g/mol. The minimum absolute atomic E-state index is 0.0934. The number of likely N-dealkylation sites (N-methyl/N-ethyl adjacent to an activating group) is 1. The van der Waals surface area contributed by atoms with Crippen LogP contribution in [0.4, 0.5) is 20.2 Å². The number of hydrogen-bond donors (Lipinski definition) is 2. The molecule has 1 amide bonds. The van der Waals surface area contributed by atoms with Crippen molar-refractivity contribution in [3.63, 3.8) is 0 Å². The van der Waals surface area contributed by atoms with E-state index in [4.69, 9.17) is 0 Å². The molecule has 0 unspecified atom stereocenters. The first-order valence-electron chi connectivity index (χ1n) is 7.16. The zero-order valence-corrected chi connectivity index (χ0v) is 13.1. The van der Waals surface area contributed by atoms with Crippen molar-refractivity contribution in [2.45, 2.75) is 6.54 Å². The van der Waals surface area contributed by atoms with Crippen molar-refractivity contribution in [2.75, 3.05) is 31.3 Å². The van der Waals surface area contributed by atoms with Gasteiger partial charge in [-0.25, -0.2) is 8.78 Å². The Labute approximate surface area is 134 Å². The lowest BCUT2D eigenvalue weighted by molar-refractivity contribution is -0.116. The van der Waals surface area contributed by atoms with Gasteiger partial charge in [0, 0.05) is 29.5 Å². The number of carbonyl (C=O) groups excluding carboxylic acids is 1. The fourth-order valence-corrected chi connectivity index (χ4v) is 2.02. The Morgan fingerprint density at radius 1 is 1.04 bits per heavy atom. The van der Waals surface area contributed by atoms with Gasteiger partial charge in [-0.05, 0) is 44.4 Å². The van der Waals surface area contributed by atoms with E-state index in [0.29, 0.717) is 17.8 Å². The smallest absolute Gasteiger partial charge is 0.238 e. The summed E-state index contributed by atoms with van der Waals surface area (Å²) in [7, 11) is 3.64. The normalized spacial score (nSPS) is 10.7. The quantitative estimate of drug-likeness (QED) is 0.860. The van der Waals surface area contributed by atoms with Crippen LogP contribution >= 0.6 is 0 Å². The Balaban J connectivity index is 1.91. The summed E-state index contributed by atoms with van der Waals surface area (Å²) in [5.41, 5.74) is 1.85. The molecule has 0 aliphatic rings. The Morgan fingerprint density at radius 2 is 1.70 bits per heavy atom. The molecule has 122 valence electrons. The van der Waals surface area contributed by atoms with Gasteiger partial charge in [-0.15, -0.1) is 0 Å². The minimum Gasteiger partial charge on any atom is -0.381 e. The van der Waals surface area contributed by atoms with Crippen LogP contribution in [0.15, 0.2) is 42.5 Å². The van der Waals surface area contributed by atoms with Gasteiger partial charge in [-0.3, -0.25) is 4.79 Å². The Kier molecular flexibility index (Phi) is 5.65. The number of rotatable bonds is 6. The highest BCUT2D eigenvalue weighted by molar-refractivity contribution is 5.92. The second-order valence-corrected chi connectivity index (χ2v) is 5.45. The van der Waals surface area contributed by atoms with E-state index < -0.39 is 11.6 Å². The van der Waals surface area contributed by atoms with E-state index in [9.17, 15) is 13.6 Å². The third kappa shape index (κ3) is 5.34. The number of anilines is 2. The summed E-state index contributed by atoms with van der Waals surface area (Å²) in [5, 5.41) is 5.83. The Morgan fingerprint density at radius 3 is 2.30 bits per heavy atom. The first kappa shape index (κ1) is 16.9. The molecule has 0 aliphatic heterocycles. The fourth-order valence-electron chi connectivity index (χ4n) is 2.02. The van der Waals surface area contributed by atoms with Crippen molar-refractivity contribution >= 4 is 17.3 Å². The van der Waals surface area contributed by atoms with Crippen LogP contribution in [-0.2, 0) is 11.3 Å². The van der Waals surface area contributed by atoms with E-state index in [-0.39, 0.29) is 12.5 Å². The summed E-state index contributed by atoms with van der Waals surface area (Å²) >= 11 is 0. The van der Waals surface area contributed by atoms with Gasteiger partial charge >= 0.3 is 0 Å². The number of carbonyl (C=O) groups is 1. The summed E-state index contributed by atoms with van der Waals surface area (Å²) < 4.78 is 26.4. The van der Waals surface area contributed by atoms with Crippen molar-refractivity contribution in [2.24, 2.45) is 0 Å². The van der Waals surface area contributed by atoms with Gasteiger partial charge in [0.15, 0.2) is 0 Å². The van der Waals surface area contributed by atoms with Gasteiger partial charge in [0.05, 0.1) is 6.54 Å². The van der Waals surface area contributed by atoms with E-state index in [1.54, 1.807) is 29.2 Å². The minimum atomic E-state index is -0.593. The van der Waals surface area contributed by atoms with E-state index in [1.807, 2.05) is 14.1 Å². The molecule has 0 aliphatic carbocycles. The Bertz CT molecular complexity index is 672. The molecule has 0 radical (unpaired) electrons. The molecule has 0 fully saturated rings. The second-order valence-electron chi connectivity index (χ2n) is 5.45. The lowest BCUT2D eigenvalue weighted by Gasteiger charge is -2.11. The van der Waals surface area contributed by atoms with Gasteiger partial charge in [0.2, 0.25) is 5.91 Å². The molecule has 2 aromatic rings. The maximum Gasteiger partial charge on any atom is 0.238 e. The van der Waals surface area contributed by atoms with Crippen LogP contribution in [0.1, 0.15) is 5.56 Å². The maximum atomic E-state index is 13.5. The molecule has 0 atom stereocenters. The van der Waals surface area contributed by atoms with Crippen molar-refractivity contribution in [3.05, 3.63) is 59.7 Å². The third-order valence-electron chi connectivity index (χ3n) is 3.13. The number of nitrogens with one attached hydrogen (secondary N) is 2. The highest BCUT2D eigenvalue weighted by atomic mass is 19.1. The Hall–Kier alpha value is -2.47. The average Bonchev–Trinajstić information content (AvgIpc) is 2.47. The van der Waals surface area contributed by atoms with Crippen molar-refractivity contribution in [1.82, 2.24) is 4.90 Å². The van der Waals surface area contributed by atoms with Gasteiger partial charge in [0.1, 0.15) is 11.6 Å². The van der Waals surface area contributed by atoms with Crippen LogP contribution in [0.2, 0.25) is 0 Å². The van der Waals surface area contributed by atoms with Crippen LogP contribution in [0, 0.1) is 11.6 Å². The summed E-state index contributed by atoms with van der Waals surface area (Å²) in [5.74, 6) is -1.27. The first-order chi connectivity index (χ1) is 10.9. The largest absolute Gasteiger partial charge is 0.381 e. The number of halogens is 2. The molecule has 2 N–H and O–H groups in total. The third-order valence-corrected chi connectivity index (χ3v) is 3.13. The molecule has 0 aromatic heterocycles. The van der Waals surface area contributed by atoms with Gasteiger partial charge in [-0.2, -0.15) is 0 Å². The maximum absolute atomic E-state index is 13.5. The van der Waals surface area contributed by atoms with Crippen LogP contribution in [0.3, 0.4) is 0 Å². The molecule has 0 spiro atoms. The molecule has 2 rings (SSSR count). The van der Waals surface area contributed by atoms with Crippen molar-refractivity contribution < 1.29 is 13.6 Å². The molecule has 2 aromatic carbocycles. The van der Waals surface area contributed by atoms with E-state index in [0.717, 1.165) is 11.8 Å². The van der Waals surface area contributed by atoms with Crippen molar-refractivity contribution in [3.8, 4) is 0 Å². The van der Waals surface area contributed by atoms with Crippen LogP contribution < -0.4 is 10.6 Å². The molecular formula is C17H19F2N3O. The van der Waals surface area contributed by atoms with E-state index >= 15 is 0 Å². The average molecular weight is 319 g/mol. The van der Waals surface area contributed by atoms with Crippen LogP contribution in [0.25, 0.3) is 0 Å². The van der Waals surface area contributed by atoms with Gasteiger partial charge in [0.25, 0.3) is 0 Å². The highest BCUT2D eigenvalue weighted by Crippen LogP contribution is 2.16. The molecule has 0 bridgehead atoms. The fraction of sp³-hybridized carbons (Fsp3) is 0.235. The standard InChI is InChI=1S/C17H19F2N3O/c1-22(2)11-17(23)21-15-7-5-14(6-8-15)20-10-12-3-4-13(18)9-16(12)19/h3-9,20H,10-11H2,1-2H3,(H,21,23). The lowest BCUT2D eigenvalue weighted by Crippen LogP contribution is -2.27. The summed E-state index contributed by atoms with van der Waals surface area (Å²) in [6.45, 7) is 0.558. The number of amides is 1. The first-order valence-corrected chi connectivity index (χ1v) is 7.16. The molecule has 0 heterocycles. The highest BCUT2D eigenvalue weighted by Gasteiger charge is 2.05. The summed E-state index contributed by atoms with van der Waals surface area (Å²) in [4.78, 5) is 13.4. The molecule has 6 heteroatoms. The SMILES string of the molecule is CN(C)CC(=O)Nc1ccc(NCc2ccc(F)cc2F)cc1.